The quantitative estimate of drug-likeness (QED) is 0.874. The first kappa shape index (κ1) is 15.9. The van der Waals surface area contributed by atoms with Gasteiger partial charge >= 0.3 is 0 Å². The van der Waals surface area contributed by atoms with Crippen molar-refractivity contribution in [2.45, 2.75) is 32.2 Å². The predicted molar refractivity (Wildman–Crippen MR) is 84.7 cm³/mol. The lowest BCUT2D eigenvalue weighted by molar-refractivity contribution is 0.331. The van der Waals surface area contributed by atoms with Crippen LogP contribution < -0.4 is 5.32 Å². The Morgan fingerprint density at radius 2 is 1.65 bits per heavy atom. The van der Waals surface area contributed by atoms with E-state index in [0.717, 1.165) is 25.2 Å². The topological polar surface area (TPSA) is 35.5 Å². The van der Waals surface area contributed by atoms with Crippen molar-refractivity contribution in [1.82, 2.24) is 10.2 Å². The highest BCUT2D eigenvalue weighted by atomic mass is 35.5. The number of phenols is 1. The largest absolute Gasteiger partial charge is 0.506 e. The fraction of sp³-hybridized carbons (Fsp3) is 0.600. The standard InChI is InChI=1S/C11H13Cl2NO.C4H9N/c12-9-6-11(15)10(13)5-8(9)7-14-3-1-2-4-14;1-2-4-5-3-1/h5-6,15H,1-4,7H2;5H,1-4H2. The summed E-state index contributed by atoms with van der Waals surface area (Å²) in [6.07, 6.45) is 5.28. The Kier molecular flexibility index (Phi) is 6.43. The minimum absolute atomic E-state index is 0.0480. The molecule has 0 atom stereocenters. The van der Waals surface area contributed by atoms with E-state index >= 15 is 0 Å². The van der Waals surface area contributed by atoms with E-state index in [9.17, 15) is 5.11 Å². The molecule has 0 aliphatic carbocycles. The van der Waals surface area contributed by atoms with Gasteiger partial charge in [0.2, 0.25) is 0 Å². The third kappa shape index (κ3) is 4.81. The SMILES string of the molecule is C1CCNC1.Oc1cc(Cl)c(CN2CCCC2)cc1Cl. The molecule has 2 saturated heterocycles. The van der Waals surface area contributed by atoms with Crippen LogP contribution in [0.1, 0.15) is 31.2 Å². The first-order valence-electron chi connectivity index (χ1n) is 7.27. The zero-order valence-corrected chi connectivity index (χ0v) is 13.2. The molecule has 112 valence electrons. The van der Waals surface area contributed by atoms with Gasteiger partial charge in [0.05, 0.1) is 5.02 Å². The molecule has 3 nitrogen and oxygen atoms in total. The van der Waals surface area contributed by atoms with E-state index < -0.39 is 0 Å². The number of hydrogen-bond acceptors (Lipinski definition) is 3. The van der Waals surface area contributed by atoms with Crippen molar-refractivity contribution in [2.24, 2.45) is 0 Å². The summed E-state index contributed by atoms with van der Waals surface area (Å²) in [6.45, 7) is 5.56. The summed E-state index contributed by atoms with van der Waals surface area (Å²) in [5, 5.41) is 13.5. The lowest BCUT2D eigenvalue weighted by Gasteiger charge is -2.16. The monoisotopic (exact) mass is 316 g/mol. The minimum Gasteiger partial charge on any atom is -0.506 e. The lowest BCUT2D eigenvalue weighted by Crippen LogP contribution is -2.18. The molecule has 0 bridgehead atoms. The highest BCUT2D eigenvalue weighted by Gasteiger charge is 2.14. The van der Waals surface area contributed by atoms with Gasteiger partial charge in [-0.1, -0.05) is 23.2 Å². The Morgan fingerprint density at radius 3 is 2.20 bits per heavy atom. The molecule has 1 aromatic carbocycles. The Bertz CT molecular complexity index is 423. The molecule has 5 heteroatoms. The molecule has 0 aromatic heterocycles. The molecule has 1 aromatic rings. The number of aromatic hydroxyl groups is 1. The number of halogens is 2. The van der Waals surface area contributed by atoms with Crippen LogP contribution in [-0.2, 0) is 6.54 Å². The van der Waals surface area contributed by atoms with Crippen LogP contribution in [0.15, 0.2) is 12.1 Å². The van der Waals surface area contributed by atoms with Gasteiger partial charge in [-0.2, -0.15) is 0 Å². The van der Waals surface area contributed by atoms with Crippen molar-refractivity contribution in [3.63, 3.8) is 0 Å². The normalized spacial score (nSPS) is 18.9. The summed E-state index contributed by atoms with van der Waals surface area (Å²) >= 11 is 11.9. The van der Waals surface area contributed by atoms with Crippen molar-refractivity contribution in [1.29, 1.82) is 0 Å². The lowest BCUT2D eigenvalue weighted by atomic mass is 10.2. The van der Waals surface area contributed by atoms with Crippen LogP contribution in [0.3, 0.4) is 0 Å². The smallest absolute Gasteiger partial charge is 0.135 e. The highest BCUT2D eigenvalue weighted by molar-refractivity contribution is 6.34. The molecule has 2 aliphatic rings. The molecule has 2 fully saturated rings. The summed E-state index contributed by atoms with van der Waals surface area (Å²) in [4.78, 5) is 2.34. The maximum Gasteiger partial charge on any atom is 0.135 e. The zero-order chi connectivity index (χ0) is 14.4. The fourth-order valence-electron chi connectivity index (χ4n) is 2.51. The molecule has 2 aliphatic heterocycles. The van der Waals surface area contributed by atoms with E-state index in [-0.39, 0.29) is 5.75 Å². The molecular formula is C15H22Cl2N2O. The first-order valence-corrected chi connectivity index (χ1v) is 8.02. The third-order valence-electron chi connectivity index (χ3n) is 3.67. The number of rotatable bonds is 2. The summed E-state index contributed by atoms with van der Waals surface area (Å²) in [7, 11) is 0. The fourth-order valence-corrected chi connectivity index (χ4v) is 2.91. The van der Waals surface area contributed by atoms with Crippen LogP contribution >= 0.6 is 23.2 Å². The summed E-state index contributed by atoms with van der Waals surface area (Å²) in [5.41, 5.74) is 0.987. The number of nitrogens with one attached hydrogen (secondary N) is 1. The molecule has 0 amide bonds. The average Bonchev–Trinajstić information content (AvgIpc) is 3.12. The van der Waals surface area contributed by atoms with Gasteiger partial charge in [0.15, 0.2) is 0 Å². The molecule has 3 rings (SSSR count). The molecule has 2 heterocycles. The van der Waals surface area contributed by atoms with Crippen molar-refractivity contribution in [3.8, 4) is 5.75 Å². The number of nitrogens with zero attached hydrogens (tertiary/aromatic N) is 1. The Morgan fingerprint density at radius 1 is 1.00 bits per heavy atom. The Balaban J connectivity index is 0.000000247. The molecular weight excluding hydrogens is 295 g/mol. The van der Waals surface area contributed by atoms with E-state index in [0.29, 0.717) is 10.0 Å². The van der Waals surface area contributed by atoms with Crippen LogP contribution in [0.2, 0.25) is 10.0 Å². The van der Waals surface area contributed by atoms with E-state index in [1.807, 2.05) is 0 Å². The van der Waals surface area contributed by atoms with Gasteiger partial charge in [0.25, 0.3) is 0 Å². The number of phenolic OH excluding ortho intramolecular Hbond substituents is 1. The van der Waals surface area contributed by atoms with Crippen molar-refractivity contribution in [2.75, 3.05) is 26.2 Å². The van der Waals surface area contributed by atoms with Crippen molar-refractivity contribution < 1.29 is 5.11 Å². The summed E-state index contributed by atoms with van der Waals surface area (Å²) in [6, 6.07) is 3.26. The molecule has 0 unspecified atom stereocenters. The molecule has 2 N–H and O–H groups in total. The van der Waals surface area contributed by atoms with Crippen molar-refractivity contribution in [3.05, 3.63) is 27.7 Å². The maximum absolute atomic E-state index is 9.36. The van der Waals surface area contributed by atoms with Crippen LogP contribution in [-0.4, -0.2) is 36.2 Å². The van der Waals surface area contributed by atoms with Gasteiger partial charge in [0, 0.05) is 17.6 Å². The molecule has 0 radical (unpaired) electrons. The predicted octanol–water partition coefficient (Wildman–Crippen LogP) is 3.66. The second-order valence-electron chi connectivity index (χ2n) is 5.34. The zero-order valence-electron chi connectivity index (χ0n) is 11.7. The van der Waals surface area contributed by atoms with Gasteiger partial charge < -0.3 is 10.4 Å². The highest BCUT2D eigenvalue weighted by Crippen LogP contribution is 2.31. The molecule has 0 spiro atoms. The third-order valence-corrected chi connectivity index (χ3v) is 4.32. The van der Waals surface area contributed by atoms with Crippen LogP contribution in [0.4, 0.5) is 0 Å². The van der Waals surface area contributed by atoms with E-state index in [4.69, 9.17) is 23.2 Å². The molecule has 20 heavy (non-hydrogen) atoms. The van der Waals surface area contributed by atoms with Crippen LogP contribution in [0.25, 0.3) is 0 Å². The van der Waals surface area contributed by atoms with E-state index in [1.54, 1.807) is 6.07 Å². The Labute approximate surface area is 130 Å². The number of likely N-dealkylation sites (tertiary alicyclic amines) is 1. The van der Waals surface area contributed by atoms with E-state index in [1.165, 1.54) is 44.8 Å². The average molecular weight is 317 g/mol. The number of benzene rings is 1. The van der Waals surface area contributed by atoms with Crippen molar-refractivity contribution >= 4 is 23.2 Å². The van der Waals surface area contributed by atoms with Gasteiger partial charge in [-0.3, -0.25) is 4.90 Å². The van der Waals surface area contributed by atoms with Gasteiger partial charge in [-0.15, -0.1) is 0 Å². The summed E-state index contributed by atoms with van der Waals surface area (Å²) < 4.78 is 0. The maximum atomic E-state index is 9.36. The van der Waals surface area contributed by atoms with Gasteiger partial charge in [-0.05, 0) is 63.5 Å². The Hall–Kier alpha value is -0.480. The summed E-state index contributed by atoms with van der Waals surface area (Å²) in [5.74, 6) is 0.0480. The van der Waals surface area contributed by atoms with E-state index in [2.05, 4.69) is 10.2 Å². The first-order chi connectivity index (χ1) is 9.66. The molecule has 0 saturated carbocycles. The van der Waals surface area contributed by atoms with Crippen LogP contribution in [0.5, 0.6) is 5.75 Å². The second-order valence-corrected chi connectivity index (χ2v) is 6.15. The van der Waals surface area contributed by atoms with Gasteiger partial charge in [-0.25, -0.2) is 0 Å². The number of hydrogen-bond donors (Lipinski definition) is 2. The van der Waals surface area contributed by atoms with Crippen LogP contribution in [0, 0.1) is 0 Å². The van der Waals surface area contributed by atoms with Gasteiger partial charge in [0.1, 0.15) is 5.75 Å². The minimum atomic E-state index is 0.0480. The second kappa shape index (κ2) is 8.08.